The summed E-state index contributed by atoms with van der Waals surface area (Å²) in [5.41, 5.74) is 1.93. The number of hydrogen-bond donors (Lipinski definition) is 2. The molecule has 2 heterocycles. The van der Waals surface area contributed by atoms with E-state index in [4.69, 9.17) is 0 Å². The maximum absolute atomic E-state index is 11.4. The number of nitro benzene ring substituents is 1. The quantitative estimate of drug-likeness (QED) is 0.554. The van der Waals surface area contributed by atoms with Crippen LogP contribution in [0.15, 0.2) is 35.8 Å². The van der Waals surface area contributed by atoms with Crippen LogP contribution in [0, 0.1) is 10.1 Å². The lowest BCUT2D eigenvalue weighted by molar-refractivity contribution is -0.382. The predicted molar refractivity (Wildman–Crippen MR) is 87.4 cm³/mol. The van der Waals surface area contributed by atoms with E-state index >= 15 is 0 Å². The van der Waals surface area contributed by atoms with Gasteiger partial charge in [0.2, 0.25) is 0 Å². The lowest BCUT2D eigenvalue weighted by Crippen LogP contribution is -2.04. The first-order valence-electron chi connectivity index (χ1n) is 6.57. The molecule has 0 amide bonds. The molecule has 0 bridgehead atoms. The van der Waals surface area contributed by atoms with Crippen molar-refractivity contribution in [2.75, 3.05) is 17.7 Å². The minimum absolute atomic E-state index is 0.0367. The summed E-state index contributed by atoms with van der Waals surface area (Å²) in [5.74, 6) is 0. The van der Waals surface area contributed by atoms with Crippen LogP contribution in [-0.4, -0.2) is 21.9 Å². The number of anilines is 2. The minimum atomic E-state index is -0.383. The van der Waals surface area contributed by atoms with Crippen molar-refractivity contribution in [3.8, 4) is 0 Å². The molecule has 0 atom stereocenters. The van der Waals surface area contributed by atoms with Gasteiger partial charge in [-0.15, -0.1) is 11.3 Å². The number of nitro groups is 1. The Hall–Kier alpha value is -2.74. The number of hydrogen-bond acceptors (Lipinski definition) is 7. The summed E-state index contributed by atoms with van der Waals surface area (Å²) in [6.45, 7) is 0.421. The van der Waals surface area contributed by atoms with Crippen LogP contribution in [0.2, 0.25) is 0 Å². The highest BCUT2D eigenvalue weighted by Gasteiger charge is 2.18. The fourth-order valence-electron chi connectivity index (χ4n) is 2.16. The molecule has 3 rings (SSSR count). The van der Waals surface area contributed by atoms with Crippen LogP contribution in [0.5, 0.6) is 0 Å². The fraction of sp³-hybridized carbons (Fsp3) is 0.143. The van der Waals surface area contributed by atoms with E-state index in [1.165, 1.54) is 11.3 Å². The number of fused-ring (bicyclic) bond motifs is 1. The Labute approximate surface area is 130 Å². The van der Waals surface area contributed by atoms with Crippen LogP contribution in [0.1, 0.15) is 5.69 Å². The third kappa shape index (κ3) is 2.68. The lowest BCUT2D eigenvalue weighted by Gasteiger charge is -2.07. The standard InChI is InChI=1S/C14H13N5O2S/c1-15-14-18-9(8-22-14)7-17-12-5-4-11-10(3-2-6-16-11)13(12)19(20)21/h2-6,8,17H,7H2,1H3,(H,15,18). The number of nitrogens with one attached hydrogen (secondary N) is 2. The monoisotopic (exact) mass is 315 g/mol. The van der Waals surface area contributed by atoms with E-state index in [1.54, 1.807) is 37.5 Å². The Morgan fingerprint density at radius 1 is 1.36 bits per heavy atom. The third-order valence-electron chi connectivity index (χ3n) is 3.16. The van der Waals surface area contributed by atoms with Gasteiger partial charge >= 0.3 is 5.69 Å². The zero-order valence-electron chi connectivity index (χ0n) is 11.7. The molecule has 2 N–H and O–H groups in total. The minimum Gasteiger partial charge on any atom is -0.374 e. The van der Waals surface area contributed by atoms with E-state index < -0.39 is 0 Å². The zero-order valence-corrected chi connectivity index (χ0v) is 12.6. The topological polar surface area (TPSA) is 93.0 Å². The van der Waals surface area contributed by atoms with Crippen LogP contribution in [0.4, 0.5) is 16.5 Å². The molecular formula is C14H13N5O2S. The normalized spacial score (nSPS) is 10.6. The Kier molecular flexibility index (Phi) is 3.84. The van der Waals surface area contributed by atoms with Crippen molar-refractivity contribution in [3.63, 3.8) is 0 Å². The van der Waals surface area contributed by atoms with E-state index in [9.17, 15) is 10.1 Å². The average Bonchev–Trinajstić information content (AvgIpc) is 3.00. The number of pyridine rings is 1. The van der Waals surface area contributed by atoms with Crippen molar-refractivity contribution in [2.24, 2.45) is 0 Å². The smallest absolute Gasteiger partial charge is 0.301 e. The van der Waals surface area contributed by atoms with E-state index in [-0.39, 0.29) is 10.6 Å². The summed E-state index contributed by atoms with van der Waals surface area (Å²) in [5, 5.41) is 20.7. The first-order chi connectivity index (χ1) is 10.7. The van der Waals surface area contributed by atoms with Gasteiger partial charge in [-0.05, 0) is 24.3 Å². The van der Waals surface area contributed by atoms with E-state index in [0.29, 0.717) is 23.1 Å². The SMILES string of the molecule is CNc1nc(CNc2ccc3ncccc3c2[N+](=O)[O-])cs1. The highest BCUT2D eigenvalue weighted by Crippen LogP contribution is 2.32. The van der Waals surface area contributed by atoms with Gasteiger partial charge in [0.1, 0.15) is 5.69 Å². The van der Waals surface area contributed by atoms with Gasteiger partial charge < -0.3 is 10.6 Å². The van der Waals surface area contributed by atoms with Crippen molar-refractivity contribution in [1.29, 1.82) is 0 Å². The molecule has 112 valence electrons. The molecule has 0 fully saturated rings. The molecule has 7 nitrogen and oxygen atoms in total. The van der Waals surface area contributed by atoms with Crippen LogP contribution in [0.3, 0.4) is 0 Å². The molecule has 0 radical (unpaired) electrons. The second-order valence-electron chi connectivity index (χ2n) is 4.54. The van der Waals surface area contributed by atoms with Crippen LogP contribution in [-0.2, 0) is 6.54 Å². The van der Waals surface area contributed by atoms with Gasteiger partial charge in [-0.2, -0.15) is 0 Å². The summed E-state index contributed by atoms with van der Waals surface area (Å²) < 4.78 is 0. The second kappa shape index (κ2) is 5.94. The molecule has 2 aromatic heterocycles. The molecule has 0 saturated carbocycles. The highest BCUT2D eigenvalue weighted by molar-refractivity contribution is 7.13. The van der Waals surface area contributed by atoms with Crippen molar-refractivity contribution in [3.05, 3.63) is 51.7 Å². The molecule has 0 aliphatic rings. The summed E-state index contributed by atoms with van der Waals surface area (Å²) in [6.07, 6.45) is 1.62. The molecular weight excluding hydrogens is 302 g/mol. The van der Waals surface area contributed by atoms with Crippen molar-refractivity contribution in [1.82, 2.24) is 9.97 Å². The number of nitrogens with zero attached hydrogens (tertiary/aromatic N) is 3. The number of rotatable bonds is 5. The van der Waals surface area contributed by atoms with Gasteiger partial charge in [-0.25, -0.2) is 4.98 Å². The molecule has 0 aliphatic carbocycles. The van der Waals surface area contributed by atoms with E-state index in [1.807, 2.05) is 5.38 Å². The van der Waals surface area contributed by atoms with Gasteiger partial charge in [0.05, 0.1) is 28.1 Å². The summed E-state index contributed by atoms with van der Waals surface area (Å²) >= 11 is 1.49. The number of aromatic nitrogens is 2. The van der Waals surface area contributed by atoms with Gasteiger partial charge in [-0.3, -0.25) is 15.1 Å². The largest absolute Gasteiger partial charge is 0.374 e. The Balaban J connectivity index is 1.92. The molecule has 8 heteroatoms. The molecule has 22 heavy (non-hydrogen) atoms. The third-order valence-corrected chi connectivity index (χ3v) is 4.07. The van der Waals surface area contributed by atoms with E-state index in [0.717, 1.165) is 10.8 Å². The van der Waals surface area contributed by atoms with Gasteiger partial charge in [0, 0.05) is 18.6 Å². The number of benzene rings is 1. The van der Waals surface area contributed by atoms with Crippen LogP contribution >= 0.6 is 11.3 Å². The maximum Gasteiger partial charge on any atom is 0.301 e. The van der Waals surface area contributed by atoms with Crippen LogP contribution < -0.4 is 10.6 Å². The lowest BCUT2D eigenvalue weighted by atomic mass is 10.1. The highest BCUT2D eigenvalue weighted by atomic mass is 32.1. The van der Waals surface area contributed by atoms with Crippen molar-refractivity contribution >= 4 is 38.7 Å². The summed E-state index contributed by atoms with van der Waals surface area (Å²) in [6, 6.07) is 6.84. The molecule has 0 unspecified atom stereocenters. The Morgan fingerprint density at radius 3 is 2.95 bits per heavy atom. The first-order valence-corrected chi connectivity index (χ1v) is 7.45. The molecule has 1 aromatic carbocycles. The summed E-state index contributed by atoms with van der Waals surface area (Å²) in [7, 11) is 1.80. The van der Waals surface area contributed by atoms with Gasteiger partial charge in [0.15, 0.2) is 5.13 Å². The van der Waals surface area contributed by atoms with Crippen molar-refractivity contribution in [2.45, 2.75) is 6.54 Å². The van der Waals surface area contributed by atoms with Crippen LogP contribution in [0.25, 0.3) is 10.9 Å². The van der Waals surface area contributed by atoms with Gasteiger partial charge in [-0.1, -0.05) is 0 Å². The molecule has 0 aliphatic heterocycles. The summed E-state index contributed by atoms with van der Waals surface area (Å²) in [4.78, 5) is 19.5. The second-order valence-corrected chi connectivity index (χ2v) is 5.39. The van der Waals surface area contributed by atoms with E-state index in [2.05, 4.69) is 20.6 Å². The average molecular weight is 315 g/mol. The first kappa shape index (κ1) is 14.2. The Bertz CT molecular complexity index is 833. The zero-order chi connectivity index (χ0) is 15.5. The fourth-order valence-corrected chi connectivity index (χ4v) is 2.84. The number of thiazole rings is 1. The van der Waals surface area contributed by atoms with Gasteiger partial charge in [0.25, 0.3) is 0 Å². The van der Waals surface area contributed by atoms with Crippen molar-refractivity contribution < 1.29 is 4.92 Å². The maximum atomic E-state index is 11.4. The molecule has 0 saturated heterocycles. The predicted octanol–water partition coefficient (Wildman–Crippen LogP) is 3.25. The molecule has 0 spiro atoms. The molecule has 3 aromatic rings. The Morgan fingerprint density at radius 2 is 2.23 bits per heavy atom.